The van der Waals surface area contributed by atoms with Gasteiger partial charge in [-0.25, -0.2) is 9.97 Å². The predicted molar refractivity (Wildman–Crippen MR) is 93.4 cm³/mol. The first-order valence-corrected chi connectivity index (χ1v) is 7.79. The highest BCUT2D eigenvalue weighted by atomic mass is 16.5. The lowest BCUT2D eigenvalue weighted by Crippen LogP contribution is -1.95. The van der Waals surface area contributed by atoms with E-state index < -0.39 is 0 Å². The van der Waals surface area contributed by atoms with Gasteiger partial charge in [0.05, 0.1) is 19.9 Å². The Hall–Kier alpha value is -3.28. The number of hydrogen-bond acceptors (Lipinski definition) is 6. The van der Waals surface area contributed by atoms with Crippen LogP contribution in [0, 0.1) is 0 Å². The van der Waals surface area contributed by atoms with Gasteiger partial charge in [-0.2, -0.15) is 0 Å². The summed E-state index contributed by atoms with van der Waals surface area (Å²) < 4.78 is 16.5. The highest BCUT2D eigenvalue weighted by Crippen LogP contribution is 2.37. The molecule has 128 valence electrons. The number of ether oxygens (including phenoxy) is 3. The molecule has 3 aromatic rings. The molecule has 0 saturated heterocycles. The molecule has 0 fully saturated rings. The summed E-state index contributed by atoms with van der Waals surface area (Å²) in [5.41, 5.74) is 1.02. The van der Waals surface area contributed by atoms with Crippen molar-refractivity contribution >= 4 is 0 Å². The Bertz CT molecular complexity index is 868. The summed E-state index contributed by atoms with van der Waals surface area (Å²) in [5.74, 6) is 2.34. The molecule has 0 spiro atoms. The molecule has 0 bridgehead atoms. The molecule has 3 rings (SSSR count). The van der Waals surface area contributed by atoms with E-state index in [0.717, 1.165) is 0 Å². The maximum absolute atomic E-state index is 10.3. The predicted octanol–water partition coefficient (Wildman–Crippen LogP) is 4.05. The first-order valence-electron chi connectivity index (χ1n) is 7.79. The van der Waals surface area contributed by atoms with Gasteiger partial charge in [-0.05, 0) is 31.2 Å². The van der Waals surface area contributed by atoms with E-state index in [1.54, 1.807) is 43.6 Å². The number of nitrogens with zero attached hydrogens (tertiary/aromatic N) is 2. The van der Waals surface area contributed by atoms with Crippen LogP contribution in [0.15, 0.2) is 55.0 Å². The van der Waals surface area contributed by atoms with E-state index in [1.165, 1.54) is 6.33 Å². The number of aromatic hydroxyl groups is 1. The first-order chi connectivity index (χ1) is 12.2. The van der Waals surface area contributed by atoms with Crippen molar-refractivity contribution in [3.8, 4) is 40.0 Å². The van der Waals surface area contributed by atoms with Gasteiger partial charge < -0.3 is 19.3 Å². The molecular weight excluding hydrogens is 320 g/mol. The van der Waals surface area contributed by atoms with E-state index in [0.29, 0.717) is 40.9 Å². The molecule has 6 heteroatoms. The van der Waals surface area contributed by atoms with Crippen LogP contribution in [0.3, 0.4) is 0 Å². The minimum absolute atomic E-state index is 0.0557. The van der Waals surface area contributed by atoms with Crippen molar-refractivity contribution < 1.29 is 19.3 Å². The van der Waals surface area contributed by atoms with E-state index >= 15 is 0 Å². The van der Waals surface area contributed by atoms with E-state index in [9.17, 15) is 5.11 Å². The number of rotatable bonds is 6. The molecule has 0 atom stereocenters. The van der Waals surface area contributed by atoms with Gasteiger partial charge >= 0.3 is 0 Å². The lowest BCUT2D eigenvalue weighted by atomic mass is 10.1. The van der Waals surface area contributed by atoms with Gasteiger partial charge in [0.25, 0.3) is 0 Å². The Morgan fingerprint density at radius 2 is 1.88 bits per heavy atom. The van der Waals surface area contributed by atoms with Crippen LogP contribution in [-0.2, 0) is 0 Å². The number of methoxy groups -OCH3 is 1. The summed E-state index contributed by atoms with van der Waals surface area (Å²) in [5, 5.41) is 10.3. The topological polar surface area (TPSA) is 73.7 Å². The molecule has 1 aromatic heterocycles. The number of phenols is 1. The molecule has 0 radical (unpaired) electrons. The zero-order valence-corrected chi connectivity index (χ0v) is 14.0. The van der Waals surface area contributed by atoms with Crippen LogP contribution in [0.2, 0.25) is 0 Å². The average Bonchev–Trinajstić information content (AvgIpc) is 2.63. The fraction of sp³-hybridized carbons (Fsp3) is 0.158. The SMILES string of the molecule is CCOc1ccc(-c2ncncc2Oc2cccc(OC)c2)c(O)c1. The number of phenolic OH excluding ortho intramolecular Hbond substituents is 1. The Balaban J connectivity index is 1.96. The molecule has 0 aliphatic carbocycles. The number of aromatic nitrogens is 2. The van der Waals surface area contributed by atoms with Crippen molar-refractivity contribution in [1.82, 2.24) is 9.97 Å². The van der Waals surface area contributed by atoms with E-state index in [4.69, 9.17) is 14.2 Å². The summed E-state index contributed by atoms with van der Waals surface area (Å²) in [6.45, 7) is 2.41. The average molecular weight is 338 g/mol. The normalized spacial score (nSPS) is 10.3. The van der Waals surface area contributed by atoms with Crippen LogP contribution in [0.5, 0.6) is 28.7 Å². The van der Waals surface area contributed by atoms with Gasteiger partial charge in [0.1, 0.15) is 35.0 Å². The van der Waals surface area contributed by atoms with Crippen molar-refractivity contribution in [3.05, 3.63) is 55.0 Å². The molecule has 6 nitrogen and oxygen atoms in total. The van der Waals surface area contributed by atoms with E-state index in [1.807, 2.05) is 19.1 Å². The summed E-state index contributed by atoms with van der Waals surface area (Å²) in [7, 11) is 1.59. The minimum Gasteiger partial charge on any atom is -0.507 e. The van der Waals surface area contributed by atoms with Gasteiger partial charge in [0.2, 0.25) is 0 Å². The fourth-order valence-corrected chi connectivity index (χ4v) is 2.35. The quantitative estimate of drug-likeness (QED) is 0.731. The second-order valence-electron chi connectivity index (χ2n) is 5.13. The summed E-state index contributed by atoms with van der Waals surface area (Å²) in [4.78, 5) is 8.27. The molecule has 0 aliphatic rings. The lowest BCUT2D eigenvalue weighted by molar-refractivity contribution is 0.338. The summed E-state index contributed by atoms with van der Waals surface area (Å²) >= 11 is 0. The molecule has 0 unspecified atom stereocenters. The maximum Gasteiger partial charge on any atom is 0.172 e. The van der Waals surface area contributed by atoms with Crippen molar-refractivity contribution in [2.75, 3.05) is 13.7 Å². The van der Waals surface area contributed by atoms with Crippen LogP contribution >= 0.6 is 0 Å². The third-order valence-corrected chi connectivity index (χ3v) is 3.48. The van der Waals surface area contributed by atoms with Gasteiger partial charge in [0.15, 0.2) is 5.75 Å². The third kappa shape index (κ3) is 3.80. The number of hydrogen-bond donors (Lipinski definition) is 1. The second-order valence-corrected chi connectivity index (χ2v) is 5.13. The molecular formula is C19H18N2O4. The van der Waals surface area contributed by atoms with Crippen LogP contribution in [0.25, 0.3) is 11.3 Å². The van der Waals surface area contributed by atoms with E-state index in [-0.39, 0.29) is 5.75 Å². The van der Waals surface area contributed by atoms with Gasteiger partial charge in [-0.1, -0.05) is 6.07 Å². The van der Waals surface area contributed by atoms with Crippen LogP contribution < -0.4 is 14.2 Å². The van der Waals surface area contributed by atoms with Crippen LogP contribution in [0.1, 0.15) is 6.92 Å². The van der Waals surface area contributed by atoms with Crippen LogP contribution in [0.4, 0.5) is 0 Å². The fourth-order valence-electron chi connectivity index (χ4n) is 2.35. The van der Waals surface area contributed by atoms with Crippen molar-refractivity contribution in [2.24, 2.45) is 0 Å². The first kappa shape index (κ1) is 16.6. The smallest absolute Gasteiger partial charge is 0.172 e. The third-order valence-electron chi connectivity index (χ3n) is 3.48. The second kappa shape index (κ2) is 7.53. The molecule has 1 heterocycles. The monoisotopic (exact) mass is 338 g/mol. The van der Waals surface area contributed by atoms with E-state index in [2.05, 4.69) is 9.97 Å². The van der Waals surface area contributed by atoms with Gasteiger partial charge in [0, 0.05) is 17.7 Å². The Labute approximate surface area is 145 Å². The highest BCUT2D eigenvalue weighted by Gasteiger charge is 2.14. The van der Waals surface area contributed by atoms with Gasteiger partial charge in [-0.15, -0.1) is 0 Å². The molecule has 1 N–H and O–H groups in total. The molecule has 25 heavy (non-hydrogen) atoms. The lowest BCUT2D eigenvalue weighted by Gasteiger charge is -2.12. The minimum atomic E-state index is 0.0557. The van der Waals surface area contributed by atoms with Gasteiger partial charge in [-0.3, -0.25) is 0 Å². The molecule has 0 saturated carbocycles. The molecule has 2 aromatic carbocycles. The number of benzene rings is 2. The Kier molecular flexibility index (Phi) is 4.99. The Morgan fingerprint density at radius 1 is 1.04 bits per heavy atom. The molecule has 0 amide bonds. The molecule has 0 aliphatic heterocycles. The summed E-state index contributed by atoms with van der Waals surface area (Å²) in [6.07, 6.45) is 2.96. The zero-order valence-electron chi connectivity index (χ0n) is 14.0. The highest BCUT2D eigenvalue weighted by molar-refractivity contribution is 5.72. The largest absolute Gasteiger partial charge is 0.507 e. The summed E-state index contributed by atoms with van der Waals surface area (Å²) in [6, 6.07) is 12.3. The van der Waals surface area contributed by atoms with Crippen molar-refractivity contribution in [1.29, 1.82) is 0 Å². The van der Waals surface area contributed by atoms with Crippen molar-refractivity contribution in [2.45, 2.75) is 6.92 Å². The maximum atomic E-state index is 10.3. The standard InChI is InChI=1S/C19H18N2O4/c1-3-24-14-7-8-16(17(22)10-14)19-18(11-20-12-21-19)25-15-6-4-5-13(9-15)23-2/h4-12,22H,3H2,1-2H3. The van der Waals surface area contributed by atoms with Crippen molar-refractivity contribution in [3.63, 3.8) is 0 Å². The Morgan fingerprint density at radius 3 is 2.64 bits per heavy atom. The zero-order chi connectivity index (χ0) is 17.6. The van der Waals surface area contributed by atoms with Crippen LogP contribution in [-0.4, -0.2) is 28.8 Å².